The third-order valence-electron chi connectivity index (χ3n) is 1.84. The summed E-state index contributed by atoms with van der Waals surface area (Å²) in [5, 5.41) is 10.4. The van der Waals surface area contributed by atoms with E-state index < -0.39 is 18.1 Å². The zero-order valence-corrected chi connectivity index (χ0v) is 12.3. The van der Waals surface area contributed by atoms with Crippen LogP contribution in [0.5, 0.6) is 0 Å². The number of hydrazine groups is 1. The van der Waals surface area contributed by atoms with E-state index in [1.807, 2.05) is 0 Å². The van der Waals surface area contributed by atoms with E-state index >= 15 is 0 Å². The molecule has 0 fully saturated rings. The lowest BCUT2D eigenvalue weighted by Gasteiger charge is -2.05. The second-order valence-electron chi connectivity index (χ2n) is 3.42. The first-order valence-electron chi connectivity index (χ1n) is 6.02. The fourth-order valence-corrected chi connectivity index (χ4v) is 1.82. The maximum absolute atomic E-state index is 11.5. The molecule has 0 aliphatic rings. The van der Waals surface area contributed by atoms with E-state index in [0.29, 0.717) is 5.01 Å². The highest BCUT2D eigenvalue weighted by Gasteiger charge is 2.12. The number of amides is 3. The number of anilines is 1. The number of nitrogens with zero attached hydrogens (tertiary/aromatic N) is 2. The molecule has 0 atom stereocenters. The van der Waals surface area contributed by atoms with Gasteiger partial charge in [0.1, 0.15) is 5.01 Å². The standard InChI is InChI=1S/C10H15N5O5S/c1-3-19-9(17)11-8-14-13-7(21-8)5-6(16)12-15-10(18)20-4-2/h3-5H2,1-2H3,(H,12,16)(H,15,18)(H,11,14,17). The highest BCUT2D eigenvalue weighted by molar-refractivity contribution is 7.15. The average molecular weight is 317 g/mol. The predicted molar refractivity (Wildman–Crippen MR) is 72.6 cm³/mol. The maximum Gasteiger partial charge on any atom is 0.426 e. The Morgan fingerprint density at radius 2 is 1.71 bits per heavy atom. The molecule has 0 aliphatic carbocycles. The molecule has 11 heteroatoms. The molecule has 21 heavy (non-hydrogen) atoms. The summed E-state index contributed by atoms with van der Waals surface area (Å²) in [5.41, 5.74) is 4.21. The first-order chi connectivity index (χ1) is 10.0. The van der Waals surface area contributed by atoms with Gasteiger partial charge in [-0.1, -0.05) is 11.3 Å². The molecule has 3 amide bonds. The molecule has 1 rings (SSSR count). The normalized spacial score (nSPS) is 9.62. The molecule has 0 saturated carbocycles. The van der Waals surface area contributed by atoms with Gasteiger partial charge in [-0.2, -0.15) is 0 Å². The Morgan fingerprint density at radius 1 is 1.05 bits per heavy atom. The number of aromatic nitrogens is 2. The summed E-state index contributed by atoms with van der Waals surface area (Å²) in [6.07, 6.45) is -1.50. The summed E-state index contributed by atoms with van der Waals surface area (Å²) in [7, 11) is 0. The summed E-state index contributed by atoms with van der Waals surface area (Å²) in [4.78, 5) is 33.6. The van der Waals surface area contributed by atoms with Gasteiger partial charge in [-0.3, -0.25) is 15.5 Å². The van der Waals surface area contributed by atoms with E-state index in [1.165, 1.54) is 0 Å². The van der Waals surface area contributed by atoms with Crippen LogP contribution in [0.3, 0.4) is 0 Å². The van der Waals surface area contributed by atoms with Crippen molar-refractivity contribution in [3.05, 3.63) is 5.01 Å². The number of hydrogen-bond donors (Lipinski definition) is 3. The van der Waals surface area contributed by atoms with Crippen molar-refractivity contribution in [2.45, 2.75) is 20.3 Å². The number of rotatable bonds is 5. The van der Waals surface area contributed by atoms with Crippen LogP contribution in [0.15, 0.2) is 0 Å². The van der Waals surface area contributed by atoms with E-state index in [2.05, 4.69) is 35.8 Å². The lowest BCUT2D eigenvalue weighted by Crippen LogP contribution is -2.42. The second-order valence-corrected chi connectivity index (χ2v) is 4.48. The van der Waals surface area contributed by atoms with Crippen molar-refractivity contribution in [3.8, 4) is 0 Å². The van der Waals surface area contributed by atoms with Gasteiger partial charge >= 0.3 is 12.2 Å². The summed E-state index contributed by atoms with van der Waals surface area (Å²) >= 11 is 1.02. The van der Waals surface area contributed by atoms with Crippen LogP contribution in [-0.4, -0.2) is 41.5 Å². The molecule has 3 N–H and O–H groups in total. The largest absolute Gasteiger partial charge is 0.450 e. The molecule has 0 saturated heterocycles. The Balaban J connectivity index is 2.38. The van der Waals surface area contributed by atoms with Crippen LogP contribution < -0.4 is 16.2 Å². The Labute approximate surface area is 124 Å². The molecule has 0 unspecified atom stereocenters. The van der Waals surface area contributed by atoms with E-state index in [1.54, 1.807) is 13.8 Å². The van der Waals surface area contributed by atoms with E-state index in [-0.39, 0.29) is 24.8 Å². The van der Waals surface area contributed by atoms with Crippen LogP contribution in [0.25, 0.3) is 0 Å². The van der Waals surface area contributed by atoms with Gasteiger partial charge in [0.25, 0.3) is 0 Å². The molecule has 0 radical (unpaired) electrons. The lowest BCUT2D eigenvalue weighted by atomic mass is 10.4. The quantitative estimate of drug-likeness (QED) is 0.671. The highest BCUT2D eigenvalue weighted by Crippen LogP contribution is 2.15. The number of carbonyl (C=O) groups excluding carboxylic acids is 3. The lowest BCUT2D eigenvalue weighted by molar-refractivity contribution is -0.121. The first kappa shape index (κ1) is 16.6. The van der Waals surface area contributed by atoms with Crippen LogP contribution >= 0.6 is 11.3 Å². The highest BCUT2D eigenvalue weighted by atomic mass is 32.1. The van der Waals surface area contributed by atoms with E-state index in [4.69, 9.17) is 0 Å². The number of ether oxygens (including phenoxy) is 2. The number of carbonyl (C=O) groups is 3. The van der Waals surface area contributed by atoms with Crippen molar-refractivity contribution in [1.29, 1.82) is 0 Å². The van der Waals surface area contributed by atoms with Gasteiger partial charge in [-0.15, -0.1) is 10.2 Å². The molecular weight excluding hydrogens is 302 g/mol. The molecule has 1 aromatic heterocycles. The molecule has 1 heterocycles. The Hall–Kier alpha value is -2.43. The van der Waals surface area contributed by atoms with Crippen LogP contribution in [-0.2, 0) is 20.7 Å². The molecule has 1 aromatic rings. The molecule has 116 valence electrons. The molecule has 10 nitrogen and oxygen atoms in total. The summed E-state index contributed by atoms with van der Waals surface area (Å²) in [5.74, 6) is -0.498. The maximum atomic E-state index is 11.5. The zero-order valence-electron chi connectivity index (χ0n) is 11.5. The van der Waals surface area contributed by atoms with Gasteiger partial charge in [0.2, 0.25) is 11.0 Å². The predicted octanol–water partition coefficient (Wildman–Crippen LogP) is 0.426. The van der Waals surface area contributed by atoms with Gasteiger partial charge < -0.3 is 9.47 Å². The average Bonchev–Trinajstić information content (AvgIpc) is 2.84. The van der Waals surface area contributed by atoms with Crippen molar-refractivity contribution in [1.82, 2.24) is 21.0 Å². The zero-order chi connectivity index (χ0) is 15.7. The molecule has 0 aliphatic heterocycles. The topological polar surface area (TPSA) is 132 Å². The van der Waals surface area contributed by atoms with Crippen LogP contribution in [0, 0.1) is 0 Å². The minimum Gasteiger partial charge on any atom is -0.450 e. The smallest absolute Gasteiger partial charge is 0.426 e. The molecule has 0 aromatic carbocycles. The van der Waals surface area contributed by atoms with Gasteiger partial charge in [-0.05, 0) is 13.8 Å². The minimum absolute atomic E-state index is 0.103. The van der Waals surface area contributed by atoms with Crippen molar-refractivity contribution in [3.63, 3.8) is 0 Å². The fraction of sp³-hybridized carbons (Fsp3) is 0.500. The van der Waals surface area contributed by atoms with Crippen LogP contribution in [0.1, 0.15) is 18.9 Å². The first-order valence-corrected chi connectivity index (χ1v) is 6.84. The molecule has 0 bridgehead atoms. The summed E-state index contributed by atoms with van der Waals surface area (Å²) in [6.45, 7) is 3.74. The van der Waals surface area contributed by atoms with Crippen molar-refractivity contribution in [2.24, 2.45) is 0 Å². The fourth-order valence-electron chi connectivity index (χ4n) is 1.10. The third-order valence-corrected chi connectivity index (χ3v) is 2.68. The van der Waals surface area contributed by atoms with Crippen molar-refractivity contribution in [2.75, 3.05) is 18.5 Å². The number of hydrogen-bond acceptors (Lipinski definition) is 8. The SMILES string of the molecule is CCOC(=O)NNC(=O)Cc1nnc(NC(=O)OCC)s1. The monoisotopic (exact) mass is 317 g/mol. The number of nitrogens with one attached hydrogen (secondary N) is 3. The third kappa shape index (κ3) is 6.51. The van der Waals surface area contributed by atoms with E-state index in [9.17, 15) is 14.4 Å². The van der Waals surface area contributed by atoms with Crippen LogP contribution in [0.4, 0.5) is 14.7 Å². The van der Waals surface area contributed by atoms with Crippen LogP contribution in [0.2, 0.25) is 0 Å². The Kier molecular flexibility index (Phi) is 6.87. The van der Waals surface area contributed by atoms with E-state index in [0.717, 1.165) is 11.3 Å². The van der Waals surface area contributed by atoms with Gasteiger partial charge in [0, 0.05) is 0 Å². The Bertz CT molecular complexity index is 506. The second kappa shape index (κ2) is 8.68. The summed E-state index contributed by atoms with van der Waals surface area (Å²) in [6, 6.07) is 0. The summed E-state index contributed by atoms with van der Waals surface area (Å²) < 4.78 is 9.23. The Morgan fingerprint density at radius 3 is 2.38 bits per heavy atom. The van der Waals surface area contributed by atoms with Gasteiger partial charge in [0.15, 0.2) is 0 Å². The van der Waals surface area contributed by atoms with Gasteiger partial charge in [-0.25, -0.2) is 15.0 Å². The molecule has 0 spiro atoms. The van der Waals surface area contributed by atoms with Gasteiger partial charge in [0.05, 0.1) is 19.6 Å². The molecular formula is C10H15N5O5S. The minimum atomic E-state index is -0.757. The van der Waals surface area contributed by atoms with Crippen molar-refractivity contribution < 1.29 is 23.9 Å². The van der Waals surface area contributed by atoms with Crippen molar-refractivity contribution >= 4 is 34.6 Å².